The molecule has 2 aromatic carbocycles. The molecule has 0 saturated heterocycles. The molecule has 178 valence electrons. The van der Waals surface area contributed by atoms with Gasteiger partial charge in [0, 0.05) is 37.8 Å². The fourth-order valence-corrected chi connectivity index (χ4v) is 3.18. The predicted molar refractivity (Wildman–Crippen MR) is 135 cm³/mol. The van der Waals surface area contributed by atoms with Crippen molar-refractivity contribution in [2.75, 3.05) is 40.2 Å². The second-order valence-electron chi connectivity index (χ2n) is 7.94. The fraction of sp³-hybridized carbons (Fsp3) is 0.308. The summed E-state index contributed by atoms with van der Waals surface area (Å²) in [5.41, 5.74) is 3.18. The molecule has 0 aliphatic carbocycles. The maximum Gasteiger partial charge on any atom is 0.318 e. The van der Waals surface area contributed by atoms with Crippen LogP contribution in [-0.2, 0) is 6.42 Å². The number of benzene rings is 2. The van der Waals surface area contributed by atoms with E-state index in [2.05, 4.69) is 32.4 Å². The molecule has 1 N–H and O–H groups in total. The summed E-state index contributed by atoms with van der Waals surface area (Å²) in [4.78, 5) is 27.4. The maximum atomic E-state index is 12.6. The van der Waals surface area contributed by atoms with E-state index in [1.165, 1.54) is 12.7 Å². The predicted octanol–water partition coefficient (Wildman–Crippen LogP) is 4.33. The van der Waals surface area contributed by atoms with Crippen molar-refractivity contribution in [3.63, 3.8) is 0 Å². The summed E-state index contributed by atoms with van der Waals surface area (Å²) in [6, 6.07) is 17.4. The van der Waals surface area contributed by atoms with Crippen LogP contribution in [0.3, 0.4) is 0 Å². The number of anilines is 1. The summed E-state index contributed by atoms with van der Waals surface area (Å²) < 4.78 is 10.5. The van der Waals surface area contributed by atoms with Gasteiger partial charge in [-0.15, -0.1) is 0 Å². The first kappa shape index (κ1) is 24.7. The third-order valence-corrected chi connectivity index (χ3v) is 5.31. The van der Waals surface area contributed by atoms with Gasteiger partial charge < -0.3 is 19.7 Å². The molecular weight excluding hydrogens is 430 g/mol. The maximum absolute atomic E-state index is 12.6. The van der Waals surface area contributed by atoms with Crippen molar-refractivity contribution in [2.24, 2.45) is 4.99 Å². The third-order valence-electron chi connectivity index (χ3n) is 5.31. The molecule has 0 fully saturated rings. The first-order valence-corrected chi connectivity index (χ1v) is 11.1. The molecule has 34 heavy (non-hydrogen) atoms. The molecule has 8 nitrogen and oxygen atoms in total. The minimum absolute atomic E-state index is 0.258. The van der Waals surface area contributed by atoms with E-state index in [0.717, 1.165) is 30.7 Å². The molecule has 0 spiro atoms. The Morgan fingerprint density at radius 1 is 1.03 bits per heavy atom. The number of carbonyl (C=O) groups is 1. The van der Waals surface area contributed by atoms with E-state index >= 15 is 0 Å². The van der Waals surface area contributed by atoms with Crippen LogP contribution in [0.15, 0.2) is 59.6 Å². The number of amides is 1. The molecule has 0 aliphatic heterocycles. The minimum atomic E-state index is -0.300. The molecule has 0 saturated carbocycles. The number of aliphatic imine (C=N–C) groups is 1. The summed E-state index contributed by atoms with van der Waals surface area (Å²) >= 11 is 0. The Bertz CT molecular complexity index is 1140. The van der Waals surface area contributed by atoms with Crippen molar-refractivity contribution in [1.29, 1.82) is 0 Å². The Balaban J connectivity index is 1.71. The number of aromatic nitrogens is 2. The molecule has 1 amide bonds. The van der Waals surface area contributed by atoms with Crippen molar-refractivity contribution < 1.29 is 14.3 Å². The number of carbonyl (C=O) groups excluding carboxylic acids is 1. The van der Waals surface area contributed by atoms with Gasteiger partial charge in [-0.2, -0.15) is 15.0 Å². The van der Waals surface area contributed by atoms with Crippen LogP contribution < -0.4 is 14.8 Å². The molecule has 1 heterocycles. The van der Waals surface area contributed by atoms with Crippen LogP contribution in [0.4, 0.5) is 5.82 Å². The van der Waals surface area contributed by atoms with Gasteiger partial charge in [0.25, 0.3) is 5.91 Å². The molecule has 0 atom stereocenters. The largest absolute Gasteiger partial charge is 0.497 e. The Kier molecular flexibility index (Phi) is 8.56. The molecule has 0 bridgehead atoms. The van der Waals surface area contributed by atoms with Gasteiger partial charge in [0.05, 0.1) is 19.9 Å². The lowest BCUT2D eigenvalue weighted by Gasteiger charge is -2.11. The number of methoxy groups -OCH3 is 2. The molecule has 0 unspecified atom stereocenters. The van der Waals surface area contributed by atoms with Crippen molar-refractivity contribution >= 4 is 17.6 Å². The smallest absolute Gasteiger partial charge is 0.318 e. The molecule has 0 radical (unpaired) electrons. The molecule has 3 rings (SSSR count). The average Bonchev–Trinajstić information content (AvgIpc) is 2.86. The van der Waals surface area contributed by atoms with Crippen molar-refractivity contribution in [3.05, 3.63) is 65.7 Å². The van der Waals surface area contributed by atoms with Crippen molar-refractivity contribution in [1.82, 2.24) is 14.9 Å². The van der Waals surface area contributed by atoms with Gasteiger partial charge in [-0.05, 0) is 49.6 Å². The highest BCUT2D eigenvalue weighted by molar-refractivity contribution is 6.03. The van der Waals surface area contributed by atoms with E-state index in [4.69, 9.17) is 9.47 Å². The summed E-state index contributed by atoms with van der Waals surface area (Å²) in [5.74, 6) is 1.86. The van der Waals surface area contributed by atoms with Crippen molar-refractivity contribution in [2.45, 2.75) is 19.8 Å². The van der Waals surface area contributed by atoms with Crippen LogP contribution in [-0.4, -0.2) is 61.5 Å². The Morgan fingerprint density at radius 3 is 2.47 bits per heavy atom. The monoisotopic (exact) mass is 461 g/mol. The molecule has 8 heteroatoms. The van der Waals surface area contributed by atoms with Gasteiger partial charge in [-0.25, -0.2) is 0 Å². The Labute approximate surface area is 200 Å². The third kappa shape index (κ3) is 6.78. The number of nitrogens with zero attached hydrogens (tertiary/aromatic N) is 4. The SMILES string of the molecule is COc1ccc(CCCNc2cc(-c3cccc(C(=O)N=C(C)N(C)C)c3)nc(OC)n2)cc1. The Hall–Kier alpha value is -3.94. The fourth-order valence-electron chi connectivity index (χ4n) is 3.18. The lowest BCUT2D eigenvalue weighted by molar-refractivity contribution is 0.100. The molecule has 3 aromatic rings. The normalized spacial score (nSPS) is 11.1. The highest BCUT2D eigenvalue weighted by atomic mass is 16.5. The lowest BCUT2D eigenvalue weighted by atomic mass is 10.1. The minimum Gasteiger partial charge on any atom is -0.497 e. The number of amidine groups is 1. The highest BCUT2D eigenvalue weighted by Crippen LogP contribution is 2.24. The van der Waals surface area contributed by atoms with Gasteiger partial charge in [0.2, 0.25) is 0 Å². The van der Waals surface area contributed by atoms with Crippen LogP contribution in [0.5, 0.6) is 11.8 Å². The second-order valence-corrected chi connectivity index (χ2v) is 7.94. The standard InChI is InChI=1S/C26H31N5O3/c1-18(31(2)3)28-25(32)21-10-6-9-20(16-21)23-17-24(30-26(29-23)34-5)27-15-7-8-19-11-13-22(33-4)14-12-19/h6,9-14,16-17H,7-8,15H2,1-5H3,(H,27,29,30). The van der Waals surface area contributed by atoms with Gasteiger partial charge in [0.1, 0.15) is 17.4 Å². The van der Waals surface area contributed by atoms with E-state index in [1.54, 1.807) is 31.1 Å². The van der Waals surface area contributed by atoms with E-state index < -0.39 is 0 Å². The quantitative estimate of drug-likeness (QED) is 0.288. The Morgan fingerprint density at radius 2 is 1.79 bits per heavy atom. The van der Waals surface area contributed by atoms with E-state index in [1.807, 2.05) is 44.4 Å². The van der Waals surface area contributed by atoms with Crippen LogP contribution in [0, 0.1) is 0 Å². The van der Waals surface area contributed by atoms with Gasteiger partial charge in [0.15, 0.2) is 0 Å². The topological polar surface area (TPSA) is 88.9 Å². The average molecular weight is 462 g/mol. The number of aryl methyl sites for hydroxylation is 1. The molecule has 0 aliphatic rings. The van der Waals surface area contributed by atoms with E-state index in [9.17, 15) is 4.79 Å². The molecule has 1 aromatic heterocycles. The number of hydrogen-bond acceptors (Lipinski definition) is 6. The van der Waals surface area contributed by atoms with Crippen LogP contribution >= 0.6 is 0 Å². The van der Waals surface area contributed by atoms with E-state index in [-0.39, 0.29) is 11.9 Å². The van der Waals surface area contributed by atoms with Gasteiger partial charge >= 0.3 is 6.01 Å². The second kappa shape index (κ2) is 11.8. The van der Waals surface area contributed by atoms with Gasteiger partial charge in [-0.3, -0.25) is 4.79 Å². The zero-order valence-electron chi connectivity index (χ0n) is 20.3. The lowest BCUT2D eigenvalue weighted by Crippen LogP contribution is -2.19. The zero-order valence-corrected chi connectivity index (χ0v) is 20.3. The summed E-state index contributed by atoms with van der Waals surface area (Å²) in [6.45, 7) is 2.53. The van der Waals surface area contributed by atoms with Crippen molar-refractivity contribution in [3.8, 4) is 23.0 Å². The number of ether oxygens (including phenoxy) is 2. The van der Waals surface area contributed by atoms with Crippen LogP contribution in [0.1, 0.15) is 29.3 Å². The first-order valence-electron chi connectivity index (χ1n) is 11.1. The van der Waals surface area contributed by atoms with Crippen LogP contribution in [0.2, 0.25) is 0 Å². The zero-order chi connectivity index (χ0) is 24.5. The van der Waals surface area contributed by atoms with Gasteiger partial charge in [-0.1, -0.05) is 24.3 Å². The highest BCUT2D eigenvalue weighted by Gasteiger charge is 2.11. The number of nitrogens with one attached hydrogen (secondary N) is 1. The first-order chi connectivity index (χ1) is 16.4. The summed E-state index contributed by atoms with van der Waals surface area (Å²) in [6.07, 6.45) is 1.87. The van der Waals surface area contributed by atoms with Crippen LogP contribution in [0.25, 0.3) is 11.3 Å². The summed E-state index contributed by atoms with van der Waals surface area (Å²) in [7, 11) is 6.89. The molecular formula is C26H31N5O3. The number of rotatable bonds is 9. The summed E-state index contributed by atoms with van der Waals surface area (Å²) in [5, 5.41) is 3.35. The van der Waals surface area contributed by atoms with E-state index in [0.29, 0.717) is 22.9 Å². The number of hydrogen-bond donors (Lipinski definition) is 1.